The lowest BCUT2D eigenvalue weighted by Gasteiger charge is -2.16. The number of unbranched alkanes of at least 4 members (excludes halogenated alkanes) is 15. The summed E-state index contributed by atoms with van der Waals surface area (Å²) in [6, 6.07) is 0. The van der Waals surface area contributed by atoms with Gasteiger partial charge in [-0.2, -0.15) is 0 Å². The minimum atomic E-state index is -1.21. The van der Waals surface area contributed by atoms with E-state index in [1.54, 1.807) is 0 Å². The maximum atomic E-state index is 12.9. The van der Waals surface area contributed by atoms with Crippen LogP contribution in [0.15, 0.2) is 53.7 Å². The van der Waals surface area contributed by atoms with Crippen LogP contribution >= 0.6 is 191 Å². The standard InChI is InChI=1S/C24H34Br4O4.C16H18Br4O4.C10H6Br4O4/c1-3-5-7-9-11-13-15-31-23(29)17-18(20(26)22(28)21(27)19(17)25)24(30)32-16-14-12-10-8-6-4-2;1-2-3-4-5-6-7-8-24-16(23)10-9(15(21)22)11(17)13(19)14(20)12(10)18;1-17-9(15)3-4(10(16)18-2)6(12)8(14)7(13)5(3)11/h3-16H2,1-2H3;2-8H2,1H3,(H,21,22);1-2H3. The Morgan fingerprint density at radius 2 is 0.486 bits per heavy atom. The number of rotatable bonds is 27. The molecule has 0 amide bonds. The molecule has 74 heavy (non-hydrogen) atoms. The Morgan fingerprint density at radius 3 is 0.703 bits per heavy atom. The van der Waals surface area contributed by atoms with Crippen LogP contribution in [0.1, 0.15) is 198 Å². The van der Waals surface area contributed by atoms with Crippen LogP contribution in [0.4, 0.5) is 0 Å². The van der Waals surface area contributed by atoms with E-state index in [9.17, 15) is 33.9 Å². The zero-order valence-corrected chi connectivity index (χ0v) is 60.4. The number of carbonyl (C=O) groups excluding carboxylic acids is 5. The van der Waals surface area contributed by atoms with E-state index in [2.05, 4.69) is 221 Å². The molecule has 0 fully saturated rings. The number of hydrogen-bond donors (Lipinski definition) is 1. The van der Waals surface area contributed by atoms with Crippen LogP contribution in [-0.4, -0.2) is 75.0 Å². The Balaban J connectivity index is 0.000000578. The number of carboxylic acids is 1. The zero-order chi connectivity index (χ0) is 56.2. The molecule has 0 spiro atoms. The Kier molecular flexibility index (Phi) is 38.7. The smallest absolute Gasteiger partial charge is 0.340 e. The van der Waals surface area contributed by atoms with Crippen molar-refractivity contribution in [2.45, 2.75) is 136 Å². The summed E-state index contributed by atoms with van der Waals surface area (Å²) >= 11 is 40.0. The van der Waals surface area contributed by atoms with Crippen molar-refractivity contribution in [3.05, 3.63) is 87.1 Å². The lowest BCUT2D eigenvalue weighted by Crippen LogP contribution is -2.17. The summed E-state index contributed by atoms with van der Waals surface area (Å²) in [5.41, 5.74) is 0.384. The van der Waals surface area contributed by atoms with Crippen LogP contribution in [0.25, 0.3) is 0 Å². The molecule has 0 saturated heterocycles. The molecule has 0 aliphatic rings. The van der Waals surface area contributed by atoms with Gasteiger partial charge in [0.1, 0.15) is 0 Å². The number of aromatic carboxylic acids is 1. The number of benzene rings is 3. The number of ether oxygens (including phenoxy) is 5. The molecule has 414 valence electrons. The van der Waals surface area contributed by atoms with Gasteiger partial charge in [0.15, 0.2) is 0 Å². The van der Waals surface area contributed by atoms with Gasteiger partial charge in [-0.1, -0.05) is 117 Å². The fourth-order valence-electron chi connectivity index (χ4n) is 6.62. The van der Waals surface area contributed by atoms with E-state index in [1.165, 1.54) is 72.0 Å². The topological polar surface area (TPSA) is 169 Å². The second kappa shape index (κ2) is 39.6. The van der Waals surface area contributed by atoms with Crippen LogP contribution in [0.5, 0.6) is 0 Å². The minimum Gasteiger partial charge on any atom is -0.478 e. The first kappa shape index (κ1) is 72.3. The van der Waals surface area contributed by atoms with E-state index in [-0.39, 0.29) is 44.5 Å². The number of carboxylic acid groups (broad SMARTS) is 1. The molecule has 1 N–H and O–H groups in total. The molecule has 24 heteroatoms. The Bertz CT molecular complexity index is 2290. The van der Waals surface area contributed by atoms with Gasteiger partial charge in [-0.3, -0.25) is 0 Å². The SMILES string of the molecule is CCCCCCCCOC(=O)c1c(Br)c(Br)c(Br)c(Br)c1C(=O)O.CCCCCCCCOC(=O)c1c(Br)c(Br)c(Br)c(Br)c1C(=O)OCCCCCCCC.COC(=O)c1c(Br)c(Br)c(Br)c(Br)c1C(=O)OC. The molecule has 0 atom stereocenters. The van der Waals surface area contributed by atoms with E-state index in [0.717, 1.165) is 57.8 Å². The van der Waals surface area contributed by atoms with Crippen molar-refractivity contribution in [2.75, 3.05) is 34.0 Å². The van der Waals surface area contributed by atoms with Gasteiger partial charge in [-0.15, -0.1) is 0 Å². The van der Waals surface area contributed by atoms with E-state index in [0.29, 0.717) is 62.4 Å². The molecule has 0 saturated carbocycles. The fraction of sp³-hybridized carbons (Fsp3) is 0.520. The summed E-state index contributed by atoms with van der Waals surface area (Å²) in [7, 11) is 2.47. The lowest BCUT2D eigenvalue weighted by molar-refractivity contribution is 0.0448. The average molecular weight is 1810 g/mol. The van der Waals surface area contributed by atoms with Gasteiger partial charge >= 0.3 is 35.8 Å². The van der Waals surface area contributed by atoms with Crippen molar-refractivity contribution < 1.29 is 57.6 Å². The van der Waals surface area contributed by atoms with Crippen molar-refractivity contribution in [1.29, 1.82) is 0 Å². The van der Waals surface area contributed by atoms with Crippen molar-refractivity contribution in [2.24, 2.45) is 0 Å². The molecule has 0 aliphatic heterocycles. The van der Waals surface area contributed by atoms with Gasteiger partial charge in [0.25, 0.3) is 0 Å². The first-order valence-electron chi connectivity index (χ1n) is 23.5. The average Bonchev–Trinajstić information content (AvgIpc) is 3.38. The van der Waals surface area contributed by atoms with Crippen LogP contribution in [0, 0.1) is 0 Å². The highest BCUT2D eigenvalue weighted by Crippen LogP contribution is 2.45. The highest BCUT2D eigenvalue weighted by Gasteiger charge is 2.32. The predicted molar refractivity (Wildman–Crippen MR) is 332 cm³/mol. The molecule has 3 aromatic rings. The second-order valence-electron chi connectivity index (χ2n) is 16.0. The van der Waals surface area contributed by atoms with Crippen molar-refractivity contribution in [3.63, 3.8) is 0 Å². The maximum Gasteiger partial charge on any atom is 0.340 e. The normalized spacial score (nSPS) is 10.7. The highest BCUT2D eigenvalue weighted by molar-refractivity contribution is 9.16. The van der Waals surface area contributed by atoms with Gasteiger partial charge < -0.3 is 28.8 Å². The summed E-state index contributed by atoms with van der Waals surface area (Å²) in [5, 5.41) is 9.43. The van der Waals surface area contributed by atoms with Gasteiger partial charge in [-0.25, -0.2) is 28.8 Å². The van der Waals surface area contributed by atoms with Crippen LogP contribution in [-0.2, 0) is 23.7 Å². The quantitative estimate of drug-likeness (QED) is 0.0252. The number of hydrogen-bond acceptors (Lipinski definition) is 11. The number of halogens is 12. The maximum absolute atomic E-state index is 12.9. The Morgan fingerprint density at radius 1 is 0.297 bits per heavy atom. The molecule has 0 aromatic heterocycles. The van der Waals surface area contributed by atoms with Gasteiger partial charge in [0, 0.05) is 53.7 Å². The van der Waals surface area contributed by atoms with Gasteiger partial charge in [-0.05, 0) is 210 Å². The Hall–Kier alpha value is 0.240. The van der Waals surface area contributed by atoms with Gasteiger partial charge in [0.2, 0.25) is 0 Å². The molecular weight excluding hydrogens is 1750 g/mol. The molecule has 0 bridgehead atoms. The number of esters is 5. The lowest BCUT2D eigenvalue weighted by atomic mass is 10.1. The number of methoxy groups -OCH3 is 2. The minimum absolute atomic E-state index is 0.00423. The van der Waals surface area contributed by atoms with E-state index in [1.807, 2.05) is 0 Å². The number of carbonyl (C=O) groups is 6. The summed E-state index contributed by atoms with van der Waals surface area (Å²) in [5.74, 6) is -4.21. The van der Waals surface area contributed by atoms with Crippen LogP contribution in [0.2, 0.25) is 0 Å². The molecule has 0 radical (unpaired) electrons. The van der Waals surface area contributed by atoms with Crippen LogP contribution in [0.3, 0.4) is 0 Å². The van der Waals surface area contributed by atoms with Crippen molar-refractivity contribution in [3.8, 4) is 0 Å². The molecule has 12 nitrogen and oxygen atoms in total. The predicted octanol–water partition coefficient (Wildman–Crippen LogP) is 21.0. The van der Waals surface area contributed by atoms with Crippen molar-refractivity contribution in [1.82, 2.24) is 0 Å². The first-order valence-corrected chi connectivity index (χ1v) is 33.1. The largest absolute Gasteiger partial charge is 0.478 e. The zero-order valence-electron chi connectivity index (χ0n) is 41.3. The molecule has 0 aliphatic carbocycles. The second-order valence-corrected chi connectivity index (χ2v) is 25.5. The summed E-state index contributed by atoms with van der Waals surface area (Å²) in [6.45, 7) is 7.47. The van der Waals surface area contributed by atoms with E-state index < -0.39 is 35.8 Å². The third kappa shape index (κ3) is 22.6. The summed E-state index contributed by atoms with van der Waals surface area (Å²) in [4.78, 5) is 73.3. The summed E-state index contributed by atoms with van der Waals surface area (Å²) in [6.07, 6.45) is 19.7. The van der Waals surface area contributed by atoms with Crippen molar-refractivity contribution >= 4 is 227 Å². The molecule has 3 aromatic carbocycles. The third-order valence-electron chi connectivity index (χ3n) is 10.6. The molecule has 0 heterocycles. The third-order valence-corrected chi connectivity index (χ3v) is 24.9. The molecule has 3 rings (SSSR count). The molecular formula is C50H58Br12O12. The molecule has 0 unspecified atom stereocenters. The highest BCUT2D eigenvalue weighted by atomic mass is 79.9. The first-order chi connectivity index (χ1) is 35.0. The summed E-state index contributed by atoms with van der Waals surface area (Å²) < 4.78 is 31.5. The van der Waals surface area contributed by atoms with Gasteiger partial charge in [0.05, 0.1) is 67.4 Å². The monoisotopic (exact) mass is 1800 g/mol. The van der Waals surface area contributed by atoms with Crippen LogP contribution < -0.4 is 0 Å². The Labute approximate surface area is 535 Å². The van der Waals surface area contributed by atoms with E-state index in [4.69, 9.17) is 14.2 Å². The fourth-order valence-corrected chi connectivity index (χ4v) is 13.9. The van der Waals surface area contributed by atoms with E-state index >= 15 is 0 Å².